The van der Waals surface area contributed by atoms with E-state index >= 15 is 0 Å². The molecule has 0 N–H and O–H groups in total. The Morgan fingerprint density at radius 2 is 2.08 bits per heavy atom. The van der Waals surface area contributed by atoms with Crippen molar-refractivity contribution in [3.8, 4) is 0 Å². The lowest BCUT2D eigenvalue weighted by Crippen LogP contribution is -2.23. The molecule has 0 spiro atoms. The highest BCUT2D eigenvalue weighted by Crippen LogP contribution is 2.29. The molecule has 1 aliphatic rings. The molecule has 1 saturated carbocycles. The first-order valence-corrected chi connectivity index (χ1v) is 6.59. The fraction of sp³-hybridized carbons (Fsp3) is 1.00. The smallest absolute Gasteiger partial charge is 0.00338 e. The Kier molecular flexibility index (Phi) is 5.34. The molecule has 0 bridgehead atoms. The van der Waals surface area contributed by atoms with E-state index in [1.165, 1.54) is 38.8 Å². The van der Waals surface area contributed by atoms with Gasteiger partial charge in [-0.3, -0.25) is 0 Å². The zero-order chi connectivity index (χ0) is 9.68. The number of alkyl halides is 1. The second-order valence-corrected chi connectivity index (χ2v) is 5.37. The Bertz CT molecular complexity index is 134. The van der Waals surface area contributed by atoms with Gasteiger partial charge < -0.3 is 4.90 Å². The minimum absolute atomic E-state index is 0.876. The van der Waals surface area contributed by atoms with E-state index < -0.39 is 0 Å². The fourth-order valence-electron chi connectivity index (χ4n) is 1.60. The molecular weight excluding hydrogens is 226 g/mol. The Hall–Kier alpha value is 0.440. The molecule has 0 aromatic rings. The van der Waals surface area contributed by atoms with E-state index in [4.69, 9.17) is 0 Å². The molecular formula is C11H22BrN. The molecule has 0 aromatic carbocycles. The first-order valence-electron chi connectivity index (χ1n) is 5.47. The van der Waals surface area contributed by atoms with Crippen LogP contribution in [0.4, 0.5) is 0 Å². The van der Waals surface area contributed by atoms with Crippen molar-refractivity contribution in [1.82, 2.24) is 4.90 Å². The van der Waals surface area contributed by atoms with Crippen LogP contribution in [0.1, 0.15) is 32.6 Å². The lowest BCUT2D eigenvalue weighted by molar-refractivity contribution is 0.293. The minimum Gasteiger partial charge on any atom is -0.306 e. The van der Waals surface area contributed by atoms with Crippen molar-refractivity contribution in [1.29, 1.82) is 0 Å². The normalized spacial score (nSPS) is 19.4. The maximum absolute atomic E-state index is 3.49. The minimum atomic E-state index is 0.876. The molecule has 1 atom stereocenters. The Morgan fingerprint density at radius 1 is 1.38 bits per heavy atom. The van der Waals surface area contributed by atoms with E-state index in [-0.39, 0.29) is 0 Å². The van der Waals surface area contributed by atoms with Crippen molar-refractivity contribution in [2.75, 3.05) is 25.5 Å². The van der Waals surface area contributed by atoms with Crippen LogP contribution in [0.3, 0.4) is 0 Å². The predicted molar refractivity (Wildman–Crippen MR) is 62.4 cm³/mol. The molecule has 0 aliphatic heterocycles. The van der Waals surface area contributed by atoms with Crippen molar-refractivity contribution >= 4 is 15.9 Å². The van der Waals surface area contributed by atoms with E-state index in [1.54, 1.807) is 0 Å². The standard InChI is InChI=1S/C11H22BrN/c1-10(5-7-12)6-8-13(2)9-11-3-4-11/h10-11H,3-9H2,1-2H3. The van der Waals surface area contributed by atoms with Crippen molar-refractivity contribution in [3.05, 3.63) is 0 Å². The van der Waals surface area contributed by atoms with Crippen LogP contribution in [0.2, 0.25) is 0 Å². The predicted octanol–water partition coefficient (Wildman–Crippen LogP) is 3.14. The van der Waals surface area contributed by atoms with Gasteiger partial charge in [0.25, 0.3) is 0 Å². The molecule has 2 heteroatoms. The van der Waals surface area contributed by atoms with Gasteiger partial charge in [-0.2, -0.15) is 0 Å². The van der Waals surface area contributed by atoms with Gasteiger partial charge in [0.1, 0.15) is 0 Å². The average Bonchev–Trinajstić information content (AvgIpc) is 2.85. The molecule has 1 nitrogen and oxygen atoms in total. The van der Waals surface area contributed by atoms with Gasteiger partial charge in [-0.05, 0) is 51.1 Å². The number of hydrogen-bond acceptors (Lipinski definition) is 1. The van der Waals surface area contributed by atoms with Crippen molar-refractivity contribution in [2.24, 2.45) is 11.8 Å². The molecule has 78 valence electrons. The molecule has 0 aromatic heterocycles. The zero-order valence-corrected chi connectivity index (χ0v) is 10.5. The van der Waals surface area contributed by atoms with Crippen LogP contribution in [0.25, 0.3) is 0 Å². The number of hydrogen-bond donors (Lipinski definition) is 0. The molecule has 0 amide bonds. The van der Waals surface area contributed by atoms with Gasteiger partial charge in [0.05, 0.1) is 0 Å². The first kappa shape index (κ1) is 11.5. The van der Waals surface area contributed by atoms with E-state index in [9.17, 15) is 0 Å². The number of nitrogens with zero attached hydrogens (tertiary/aromatic N) is 1. The van der Waals surface area contributed by atoms with Crippen molar-refractivity contribution in [2.45, 2.75) is 32.6 Å². The highest BCUT2D eigenvalue weighted by Gasteiger charge is 2.22. The maximum atomic E-state index is 3.49. The van der Waals surface area contributed by atoms with Crippen LogP contribution in [-0.4, -0.2) is 30.4 Å². The summed E-state index contributed by atoms with van der Waals surface area (Å²) in [6.07, 6.45) is 5.62. The maximum Gasteiger partial charge on any atom is 0.00338 e. The van der Waals surface area contributed by atoms with Crippen LogP contribution in [-0.2, 0) is 0 Å². The summed E-state index contributed by atoms with van der Waals surface area (Å²) in [5, 5.41) is 1.15. The van der Waals surface area contributed by atoms with Gasteiger partial charge in [-0.1, -0.05) is 22.9 Å². The van der Waals surface area contributed by atoms with Crippen LogP contribution < -0.4 is 0 Å². The third kappa shape index (κ3) is 5.69. The van der Waals surface area contributed by atoms with Crippen molar-refractivity contribution < 1.29 is 0 Å². The van der Waals surface area contributed by atoms with Gasteiger partial charge >= 0.3 is 0 Å². The van der Waals surface area contributed by atoms with Gasteiger partial charge in [-0.15, -0.1) is 0 Å². The summed E-state index contributed by atoms with van der Waals surface area (Å²) in [6, 6.07) is 0. The monoisotopic (exact) mass is 247 g/mol. The zero-order valence-electron chi connectivity index (χ0n) is 8.93. The number of halogens is 1. The summed E-state index contributed by atoms with van der Waals surface area (Å²) in [5.41, 5.74) is 0. The Morgan fingerprint density at radius 3 is 2.62 bits per heavy atom. The van der Waals surface area contributed by atoms with E-state index in [0.717, 1.165) is 17.2 Å². The molecule has 0 radical (unpaired) electrons. The van der Waals surface area contributed by atoms with Gasteiger partial charge in [-0.25, -0.2) is 0 Å². The number of rotatable bonds is 7. The van der Waals surface area contributed by atoms with E-state index in [2.05, 4.69) is 34.8 Å². The average molecular weight is 248 g/mol. The second kappa shape index (κ2) is 6.02. The highest BCUT2D eigenvalue weighted by atomic mass is 79.9. The highest BCUT2D eigenvalue weighted by molar-refractivity contribution is 9.09. The molecule has 1 aliphatic carbocycles. The molecule has 13 heavy (non-hydrogen) atoms. The quantitative estimate of drug-likeness (QED) is 0.625. The lowest BCUT2D eigenvalue weighted by Gasteiger charge is -2.18. The van der Waals surface area contributed by atoms with Crippen LogP contribution in [0.5, 0.6) is 0 Å². The summed E-state index contributed by atoms with van der Waals surface area (Å²) in [5.74, 6) is 1.91. The summed E-state index contributed by atoms with van der Waals surface area (Å²) >= 11 is 3.49. The largest absolute Gasteiger partial charge is 0.306 e. The Balaban J connectivity index is 1.96. The summed E-state index contributed by atoms with van der Waals surface area (Å²) in [6.45, 7) is 4.97. The van der Waals surface area contributed by atoms with Crippen molar-refractivity contribution in [3.63, 3.8) is 0 Å². The SMILES string of the molecule is CC(CCBr)CCN(C)CC1CC1. The molecule has 1 rings (SSSR count). The van der Waals surface area contributed by atoms with E-state index in [0.29, 0.717) is 0 Å². The third-order valence-electron chi connectivity index (χ3n) is 2.87. The van der Waals surface area contributed by atoms with Crippen LogP contribution in [0, 0.1) is 11.8 Å². The first-order chi connectivity index (χ1) is 6.22. The van der Waals surface area contributed by atoms with Crippen LogP contribution in [0.15, 0.2) is 0 Å². The lowest BCUT2D eigenvalue weighted by atomic mass is 10.1. The van der Waals surface area contributed by atoms with Gasteiger partial charge in [0, 0.05) is 11.9 Å². The Labute approximate surface area is 91.0 Å². The fourth-order valence-corrected chi connectivity index (χ4v) is 2.39. The molecule has 0 heterocycles. The molecule has 1 unspecified atom stereocenters. The van der Waals surface area contributed by atoms with E-state index in [1.807, 2.05) is 0 Å². The second-order valence-electron chi connectivity index (χ2n) is 4.58. The topological polar surface area (TPSA) is 3.24 Å². The summed E-state index contributed by atoms with van der Waals surface area (Å²) in [4.78, 5) is 2.50. The summed E-state index contributed by atoms with van der Waals surface area (Å²) < 4.78 is 0. The van der Waals surface area contributed by atoms with Gasteiger partial charge in [0.2, 0.25) is 0 Å². The van der Waals surface area contributed by atoms with Gasteiger partial charge in [0.15, 0.2) is 0 Å². The molecule has 0 saturated heterocycles. The van der Waals surface area contributed by atoms with Crippen LogP contribution >= 0.6 is 15.9 Å². The third-order valence-corrected chi connectivity index (χ3v) is 3.33. The molecule has 1 fully saturated rings. The summed E-state index contributed by atoms with van der Waals surface area (Å²) in [7, 11) is 2.26.